The summed E-state index contributed by atoms with van der Waals surface area (Å²) in [7, 11) is 0. The second-order valence-corrected chi connectivity index (χ2v) is 5.12. The first kappa shape index (κ1) is 15.0. The Hall–Kier alpha value is -1.10. The molecule has 5 heteroatoms. The van der Waals surface area contributed by atoms with Gasteiger partial charge < -0.3 is 15.5 Å². The lowest BCUT2D eigenvalue weighted by Crippen LogP contribution is -2.52. The lowest BCUT2D eigenvalue weighted by Gasteiger charge is -2.29. The number of carbonyl (C=O) groups excluding carboxylic acids is 2. The highest BCUT2D eigenvalue weighted by atomic mass is 16.2. The lowest BCUT2D eigenvalue weighted by atomic mass is 9.95. The van der Waals surface area contributed by atoms with Gasteiger partial charge in [0.05, 0.1) is 0 Å². The van der Waals surface area contributed by atoms with Crippen molar-refractivity contribution in [1.82, 2.24) is 15.5 Å². The maximum atomic E-state index is 12.0. The molecule has 0 bridgehead atoms. The van der Waals surface area contributed by atoms with Crippen molar-refractivity contribution in [2.75, 3.05) is 26.2 Å². The molecule has 1 rings (SSSR count). The SMILES string of the molecule is CCC(C)(CC)NC(=O)C(=O)N1CCCNCC1. The Kier molecular flexibility index (Phi) is 5.59. The molecule has 0 aromatic rings. The van der Waals surface area contributed by atoms with Crippen molar-refractivity contribution < 1.29 is 9.59 Å². The minimum atomic E-state index is -0.469. The molecular weight excluding hydrogens is 230 g/mol. The van der Waals surface area contributed by atoms with Gasteiger partial charge in [0.25, 0.3) is 0 Å². The van der Waals surface area contributed by atoms with Gasteiger partial charge in [0.15, 0.2) is 0 Å². The first-order valence-corrected chi connectivity index (χ1v) is 6.84. The molecule has 5 nitrogen and oxygen atoms in total. The molecule has 0 radical (unpaired) electrons. The summed E-state index contributed by atoms with van der Waals surface area (Å²) in [4.78, 5) is 25.7. The molecule has 0 saturated carbocycles. The van der Waals surface area contributed by atoms with Gasteiger partial charge in [-0.15, -0.1) is 0 Å². The van der Waals surface area contributed by atoms with Crippen molar-refractivity contribution in [2.24, 2.45) is 0 Å². The highest BCUT2D eigenvalue weighted by Crippen LogP contribution is 2.13. The van der Waals surface area contributed by atoms with Crippen LogP contribution in [0.4, 0.5) is 0 Å². The van der Waals surface area contributed by atoms with Crippen LogP contribution in [0.5, 0.6) is 0 Å². The van der Waals surface area contributed by atoms with E-state index in [1.165, 1.54) is 0 Å². The molecule has 0 aromatic carbocycles. The fourth-order valence-electron chi connectivity index (χ4n) is 1.95. The van der Waals surface area contributed by atoms with Crippen LogP contribution in [0.2, 0.25) is 0 Å². The third-order valence-electron chi connectivity index (χ3n) is 3.80. The zero-order chi connectivity index (χ0) is 13.6. The highest BCUT2D eigenvalue weighted by molar-refractivity contribution is 6.35. The van der Waals surface area contributed by atoms with E-state index >= 15 is 0 Å². The van der Waals surface area contributed by atoms with Crippen LogP contribution in [0.3, 0.4) is 0 Å². The number of hydrogen-bond acceptors (Lipinski definition) is 3. The van der Waals surface area contributed by atoms with E-state index in [0.29, 0.717) is 13.1 Å². The smallest absolute Gasteiger partial charge is 0.311 e. The van der Waals surface area contributed by atoms with Crippen LogP contribution >= 0.6 is 0 Å². The van der Waals surface area contributed by atoms with Crippen LogP contribution in [-0.2, 0) is 9.59 Å². The highest BCUT2D eigenvalue weighted by Gasteiger charge is 2.28. The van der Waals surface area contributed by atoms with E-state index in [1.807, 2.05) is 20.8 Å². The molecule has 0 spiro atoms. The van der Waals surface area contributed by atoms with Crippen LogP contribution in [-0.4, -0.2) is 48.4 Å². The Morgan fingerprint density at radius 2 is 1.89 bits per heavy atom. The number of hydrogen-bond donors (Lipinski definition) is 2. The maximum Gasteiger partial charge on any atom is 0.311 e. The third kappa shape index (κ3) is 3.98. The van der Waals surface area contributed by atoms with Crippen molar-refractivity contribution in [3.63, 3.8) is 0 Å². The lowest BCUT2D eigenvalue weighted by molar-refractivity contribution is -0.146. The molecule has 1 fully saturated rings. The number of rotatable bonds is 3. The molecule has 0 unspecified atom stereocenters. The van der Waals surface area contributed by atoms with Crippen molar-refractivity contribution >= 4 is 11.8 Å². The molecule has 2 amide bonds. The standard InChI is InChI=1S/C13H25N3O2/c1-4-13(3,5-2)15-11(17)12(18)16-9-6-7-14-8-10-16/h14H,4-10H2,1-3H3,(H,15,17). The van der Waals surface area contributed by atoms with E-state index in [0.717, 1.165) is 32.4 Å². The van der Waals surface area contributed by atoms with Gasteiger partial charge in [0, 0.05) is 25.2 Å². The minimum absolute atomic E-state index is 0.281. The molecule has 18 heavy (non-hydrogen) atoms. The summed E-state index contributed by atoms with van der Waals surface area (Å²) >= 11 is 0. The van der Waals surface area contributed by atoms with Gasteiger partial charge in [0.2, 0.25) is 0 Å². The monoisotopic (exact) mass is 255 g/mol. The molecule has 0 aliphatic carbocycles. The average molecular weight is 255 g/mol. The molecule has 104 valence electrons. The number of amides is 2. The molecule has 0 aromatic heterocycles. The van der Waals surface area contributed by atoms with Crippen molar-refractivity contribution in [3.05, 3.63) is 0 Å². The predicted octanol–water partition coefficient (Wildman–Crippen LogP) is 0.503. The number of carbonyl (C=O) groups is 2. The van der Waals surface area contributed by atoms with Crippen LogP contribution in [0.1, 0.15) is 40.0 Å². The maximum absolute atomic E-state index is 12.0. The van der Waals surface area contributed by atoms with Crippen molar-refractivity contribution in [1.29, 1.82) is 0 Å². The third-order valence-corrected chi connectivity index (χ3v) is 3.80. The molecule has 1 saturated heterocycles. The normalized spacial score (nSPS) is 17.2. The first-order chi connectivity index (χ1) is 8.52. The van der Waals surface area contributed by atoms with Crippen LogP contribution in [0, 0.1) is 0 Å². The van der Waals surface area contributed by atoms with E-state index in [2.05, 4.69) is 10.6 Å². The molecule has 1 heterocycles. The first-order valence-electron chi connectivity index (χ1n) is 6.84. The molecule has 1 aliphatic heterocycles. The Bertz CT molecular complexity index is 293. The van der Waals surface area contributed by atoms with Gasteiger partial charge in [-0.1, -0.05) is 13.8 Å². The van der Waals surface area contributed by atoms with Gasteiger partial charge in [-0.2, -0.15) is 0 Å². The minimum Gasteiger partial charge on any atom is -0.343 e. The molecule has 1 aliphatic rings. The van der Waals surface area contributed by atoms with E-state index < -0.39 is 11.8 Å². The largest absolute Gasteiger partial charge is 0.343 e. The van der Waals surface area contributed by atoms with Crippen LogP contribution in [0.15, 0.2) is 0 Å². The fraction of sp³-hybridized carbons (Fsp3) is 0.846. The Morgan fingerprint density at radius 1 is 1.22 bits per heavy atom. The van der Waals surface area contributed by atoms with Crippen molar-refractivity contribution in [2.45, 2.75) is 45.6 Å². The zero-order valence-corrected chi connectivity index (χ0v) is 11.7. The zero-order valence-electron chi connectivity index (χ0n) is 11.7. The summed E-state index contributed by atoms with van der Waals surface area (Å²) in [5, 5.41) is 6.08. The quantitative estimate of drug-likeness (QED) is 0.722. The van der Waals surface area contributed by atoms with E-state index in [4.69, 9.17) is 0 Å². The Balaban J connectivity index is 2.57. The van der Waals surface area contributed by atoms with E-state index in [1.54, 1.807) is 4.90 Å². The van der Waals surface area contributed by atoms with Gasteiger partial charge in [-0.3, -0.25) is 9.59 Å². The van der Waals surface area contributed by atoms with Gasteiger partial charge in [0.1, 0.15) is 0 Å². The van der Waals surface area contributed by atoms with Gasteiger partial charge in [-0.25, -0.2) is 0 Å². The van der Waals surface area contributed by atoms with Crippen molar-refractivity contribution in [3.8, 4) is 0 Å². The summed E-state index contributed by atoms with van der Waals surface area (Å²) in [5.74, 6) is -0.866. The van der Waals surface area contributed by atoms with E-state index in [-0.39, 0.29) is 5.54 Å². The number of nitrogens with one attached hydrogen (secondary N) is 2. The summed E-state index contributed by atoms with van der Waals surface area (Å²) in [6, 6.07) is 0. The second kappa shape index (κ2) is 6.73. The topological polar surface area (TPSA) is 61.4 Å². The summed E-state index contributed by atoms with van der Waals surface area (Å²) < 4.78 is 0. The van der Waals surface area contributed by atoms with Gasteiger partial charge in [-0.05, 0) is 32.7 Å². The van der Waals surface area contributed by atoms with Crippen LogP contribution in [0.25, 0.3) is 0 Å². The molecule has 2 N–H and O–H groups in total. The fourth-order valence-corrected chi connectivity index (χ4v) is 1.95. The summed E-state index contributed by atoms with van der Waals surface area (Å²) in [6.45, 7) is 8.96. The average Bonchev–Trinajstić information content (AvgIpc) is 2.66. The second-order valence-electron chi connectivity index (χ2n) is 5.12. The summed E-state index contributed by atoms with van der Waals surface area (Å²) in [5.41, 5.74) is -0.281. The molecule has 0 atom stereocenters. The molecular formula is C13H25N3O2. The van der Waals surface area contributed by atoms with Gasteiger partial charge >= 0.3 is 11.8 Å². The Labute approximate surface area is 109 Å². The number of nitrogens with zero attached hydrogens (tertiary/aromatic N) is 1. The predicted molar refractivity (Wildman–Crippen MR) is 71.2 cm³/mol. The summed E-state index contributed by atoms with van der Waals surface area (Å²) in [6.07, 6.45) is 2.55. The van der Waals surface area contributed by atoms with Crippen LogP contribution < -0.4 is 10.6 Å². The Morgan fingerprint density at radius 3 is 2.50 bits per heavy atom. The van der Waals surface area contributed by atoms with E-state index in [9.17, 15) is 9.59 Å².